The third-order valence-electron chi connectivity index (χ3n) is 5.76. The first kappa shape index (κ1) is 19.8. The molecule has 1 heterocycles. The van der Waals surface area contributed by atoms with Crippen molar-refractivity contribution in [3.05, 3.63) is 46.2 Å². The first-order chi connectivity index (χ1) is 12.8. The summed E-state index contributed by atoms with van der Waals surface area (Å²) < 4.78 is 1.93. The number of aliphatic hydroxyl groups excluding tert-OH is 1. The molecule has 146 valence electrons. The lowest BCUT2D eigenvalue weighted by molar-refractivity contribution is -0.148. The summed E-state index contributed by atoms with van der Waals surface area (Å²) >= 11 is 6.11. The number of aliphatic carboxylic acids is 1. The highest BCUT2D eigenvalue weighted by molar-refractivity contribution is 6.31. The number of carboxylic acid groups (broad SMARTS) is 1. The maximum absolute atomic E-state index is 11.9. The molecule has 2 aromatic rings. The van der Waals surface area contributed by atoms with Crippen molar-refractivity contribution in [2.75, 3.05) is 0 Å². The van der Waals surface area contributed by atoms with Crippen LogP contribution in [-0.4, -0.2) is 31.2 Å². The molecule has 1 saturated carbocycles. The van der Waals surface area contributed by atoms with Gasteiger partial charge in [0.15, 0.2) is 0 Å². The second kappa shape index (κ2) is 7.98. The number of nitrogens with zero attached hydrogens (tertiary/aromatic N) is 3. The fourth-order valence-electron chi connectivity index (χ4n) is 3.58. The fraction of sp³-hybridized carbons (Fsp3) is 0.550. The van der Waals surface area contributed by atoms with E-state index in [0.717, 1.165) is 24.1 Å². The zero-order valence-electron chi connectivity index (χ0n) is 15.7. The van der Waals surface area contributed by atoms with Crippen LogP contribution in [0.5, 0.6) is 0 Å². The van der Waals surface area contributed by atoms with E-state index in [2.05, 4.69) is 10.3 Å². The molecule has 0 bridgehead atoms. The maximum Gasteiger partial charge on any atom is 0.309 e. The molecule has 0 radical (unpaired) electrons. The van der Waals surface area contributed by atoms with Gasteiger partial charge in [0.1, 0.15) is 0 Å². The molecule has 1 aromatic carbocycles. The molecule has 1 atom stereocenters. The summed E-state index contributed by atoms with van der Waals surface area (Å²) in [4.78, 5) is 11.9. The van der Waals surface area contributed by atoms with E-state index in [-0.39, 0.29) is 12.5 Å². The van der Waals surface area contributed by atoms with Crippen LogP contribution in [-0.2, 0) is 17.8 Å². The van der Waals surface area contributed by atoms with Gasteiger partial charge in [0.25, 0.3) is 0 Å². The number of benzene rings is 1. The molecule has 1 aliphatic rings. The molecule has 27 heavy (non-hydrogen) atoms. The van der Waals surface area contributed by atoms with Crippen LogP contribution < -0.4 is 0 Å². The van der Waals surface area contributed by atoms with Crippen molar-refractivity contribution < 1.29 is 15.0 Å². The van der Waals surface area contributed by atoms with E-state index in [1.165, 1.54) is 6.42 Å². The van der Waals surface area contributed by atoms with E-state index in [1.807, 2.05) is 23.0 Å². The first-order valence-corrected chi connectivity index (χ1v) is 9.74. The van der Waals surface area contributed by atoms with Gasteiger partial charge in [0, 0.05) is 11.2 Å². The average molecular weight is 392 g/mol. The molecule has 1 unspecified atom stereocenters. The minimum atomic E-state index is -0.968. The minimum absolute atomic E-state index is 0.178. The molecular formula is C20H26ClN3O3. The monoisotopic (exact) mass is 391 g/mol. The predicted octanol–water partition coefficient (Wildman–Crippen LogP) is 3.98. The van der Waals surface area contributed by atoms with Gasteiger partial charge < -0.3 is 10.2 Å². The van der Waals surface area contributed by atoms with Crippen LogP contribution in [0.15, 0.2) is 24.4 Å². The highest BCUT2D eigenvalue weighted by atomic mass is 35.5. The van der Waals surface area contributed by atoms with Gasteiger partial charge in [0.2, 0.25) is 0 Å². The van der Waals surface area contributed by atoms with Crippen molar-refractivity contribution in [3.8, 4) is 0 Å². The van der Waals surface area contributed by atoms with Crippen molar-refractivity contribution in [2.45, 2.75) is 64.5 Å². The molecule has 0 spiro atoms. The summed E-state index contributed by atoms with van der Waals surface area (Å²) in [5.41, 5.74) is 1.38. The lowest BCUT2D eigenvalue weighted by atomic mass is 9.72. The Labute approximate surface area is 164 Å². The van der Waals surface area contributed by atoms with E-state index in [4.69, 9.17) is 11.6 Å². The second-order valence-corrected chi connectivity index (χ2v) is 8.31. The van der Waals surface area contributed by atoms with Crippen LogP contribution in [0.4, 0.5) is 0 Å². The smallest absolute Gasteiger partial charge is 0.309 e. The number of rotatable bonds is 8. The van der Waals surface area contributed by atoms with Crippen LogP contribution in [0, 0.1) is 5.41 Å². The number of aliphatic hydroxyl groups is 1. The molecule has 1 aromatic heterocycles. The van der Waals surface area contributed by atoms with E-state index in [1.54, 1.807) is 19.9 Å². The van der Waals surface area contributed by atoms with Crippen molar-refractivity contribution in [3.63, 3.8) is 0 Å². The van der Waals surface area contributed by atoms with Gasteiger partial charge in [-0.05, 0) is 69.1 Å². The van der Waals surface area contributed by atoms with Gasteiger partial charge in [-0.3, -0.25) is 4.79 Å². The quantitative estimate of drug-likeness (QED) is 0.710. The van der Waals surface area contributed by atoms with E-state index < -0.39 is 11.4 Å². The number of carboxylic acids is 1. The lowest BCUT2D eigenvalue weighted by Gasteiger charge is -2.31. The molecule has 1 aliphatic carbocycles. The van der Waals surface area contributed by atoms with Gasteiger partial charge in [-0.1, -0.05) is 28.9 Å². The summed E-state index contributed by atoms with van der Waals surface area (Å²) in [6, 6.07) is 5.84. The highest BCUT2D eigenvalue weighted by Gasteiger charge is 2.38. The van der Waals surface area contributed by atoms with Crippen molar-refractivity contribution in [1.29, 1.82) is 0 Å². The minimum Gasteiger partial charge on any atom is -0.481 e. The Kier molecular flexibility index (Phi) is 5.86. The Hall–Kier alpha value is -1.92. The standard InChI is InChI=1S/C20H26ClN3O3/c1-20(2,19(26)27)17(13-6-9-18(21)14(10-13)12-25)8-7-15-11-24(23-22-15)16-4-3-5-16/h6,9-11,16-17,25H,3-5,7-8,12H2,1-2H3,(H,26,27). The average Bonchev–Trinajstić information content (AvgIpc) is 3.02. The lowest BCUT2D eigenvalue weighted by Crippen LogP contribution is -2.32. The summed E-state index contributed by atoms with van der Waals surface area (Å²) in [7, 11) is 0. The van der Waals surface area contributed by atoms with Gasteiger partial charge in [-0.2, -0.15) is 0 Å². The Morgan fingerprint density at radius 1 is 1.41 bits per heavy atom. The van der Waals surface area contributed by atoms with Crippen LogP contribution >= 0.6 is 11.6 Å². The van der Waals surface area contributed by atoms with Crippen molar-refractivity contribution in [1.82, 2.24) is 15.0 Å². The van der Waals surface area contributed by atoms with Crippen LogP contribution in [0.3, 0.4) is 0 Å². The third-order valence-corrected chi connectivity index (χ3v) is 6.13. The summed E-state index contributed by atoms with van der Waals surface area (Å²) in [6.45, 7) is 3.29. The summed E-state index contributed by atoms with van der Waals surface area (Å²) in [6.07, 6.45) is 6.77. The Balaban J connectivity index is 1.82. The van der Waals surface area contributed by atoms with E-state index in [9.17, 15) is 15.0 Å². The molecule has 2 N–H and O–H groups in total. The van der Waals surface area contributed by atoms with Crippen LogP contribution in [0.25, 0.3) is 0 Å². The zero-order chi connectivity index (χ0) is 19.6. The van der Waals surface area contributed by atoms with Gasteiger partial charge in [-0.25, -0.2) is 4.68 Å². The molecule has 0 saturated heterocycles. The maximum atomic E-state index is 11.9. The van der Waals surface area contributed by atoms with E-state index in [0.29, 0.717) is 29.5 Å². The van der Waals surface area contributed by atoms with Gasteiger partial charge in [-0.15, -0.1) is 5.10 Å². The Morgan fingerprint density at radius 2 is 2.15 bits per heavy atom. The molecule has 6 nitrogen and oxygen atoms in total. The van der Waals surface area contributed by atoms with E-state index >= 15 is 0 Å². The molecule has 1 fully saturated rings. The number of aromatic nitrogens is 3. The summed E-state index contributed by atoms with van der Waals surface area (Å²) in [5, 5.41) is 28.2. The largest absolute Gasteiger partial charge is 0.481 e. The molecule has 3 rings (SSSR count). The fourth-order valence-corrected chi connectivity index (χ4v) is 3.75. The number of halogens is 1. The number of hydrogen-bond donors (Lipinski definition) is 2. The number of hydrogen-bond acceptors (Lipinski definition) is 4. The molecule has 0 aliphatic heterocycles. The SMILES string of the molecule is CC(C)(C(=O)O)C(CCc1cn(C2CCC2)nn1)c1ccc(Cl)c(CO)c1. The van der Waals surface area contributed by atoms with Gasteiger partial charge in [0.05, 0.1) is 23.8 Å². The number of aryl methyl sites for hydroxylation is 1. The van der Waals surface area contributed by atoms with Gasteiger partial charge >= 0.3 is 5.97 Å². The van der Waals surface area contributed by atoms with Crippen molar-refractivity contribution >= 4 is 17.6 Å². The first-order valence-electron chi connectivity index (χ1n) is 9.36. The third kappa shape index (κ3) is 4.17. The zero-order valence-corrected chi connectivity index (χ0v) is 16.5. The highest BCUT2D eigenvalue weighted by Crippen LogP contribution is 2.40. The molecular weight excluding hydrogens is 366 g/mol. The topological polar surface area (TPSA) is 88.2 Å². The number of carbonyl (C=O) groups is 1. The molecule has 7 heteroatoms. The van der Waals surface area contributed by atoms with Crippen molar-refractivity contribution in [2.24, 2.45) is 5.41 Å². The Bertz CT molecular complexity index is 815. The Morgan fingerprint density at radius 3 is 2.74 bits per heavy atom. The van der Waals surface area contributed by atoms with Crippen LogP contribution in [0.1, 0.15) is 68.3 Å². The summed E-state index contributed by atoms with van der Waals surface area (Å²) in [5.74, 6) is -1.10. The molecule has 0 amide bonds. The predicted molar refractivity (Wildman–Crippen MR) is 103 cm³/mol. The second-order valence-electron chi connectivity index (χ2n) is 7.90. The normalized spacial score (nSPS) is 16.1. The van der Waals surface area contributed by atoms with Crippen LogP contribution in [0.2, 0.25) is 5.02 Å².